The lowest BCUT2D eigenvalue weighted by Gasteiger charge is -2.17. The molecule has 0 saturated carbocycles. The molecule has 1 amide bonds. The Morgan fingerprint density at radius 2 is 1.87 bits per heavy atom. The smallest absolute Gasteiger partial charge is 0.243 e. The molecule has 0 aromatic rings. The lowest BCUT2D eigenvalue weighted by Crippen LogP contribution is -2.21. The van der Waals surface area contributed by atoms with Crippen molar-refractivity contribution in [2.75, 3.05) is 6.54 Å². The third-order valence-electron chi connectivity index (χ3n) is 2.09. The van der Waals surface area contributed by atoms with E-state index in [1.54, 1.807) is 0 Å². The highest BCUT2D eigenvalue weighted by molar-refractivity contribution is 5.86. The molecule has 0 saturated heterocycles. The van der Waals surface area contributed by atoms with Crippen LogP contribution in [0.2, 0.25) is 0 Å². The highest BCUT2D eigenvalue weighted by Gasteiger charge is 2.08. The first-order valence-electron chi connectivity index (χ1n) is 5.36. The molecule has 0 spiro atoms. The molecular formula is C12H26N2O. The molecule has 0 aromatic carbocycles. The maximum Gasteiger partial charge on any atom is 0.243 e. The third-order valence-corrected chi connectivity index (χ3v) is 2.09. The summed E-state index contributed by atoms with van der Waals surface area (Å²) >= 11 is 0. The summed E-state index contributed by atoms with van der Waals surface area (Å²) in [5.41, 5.74) is 0.435. The molecule has 0 aliphatic rings. The van der Waals surface area contributed by atoms with Gasteiger partial charge < -0.3 is 11.5 Å². The van der Waals surface area contributed by atoms with E-state index in [-0.39, 0.29) is 12.1 Å². The van der Waals surface area contributed by atoms with E-state index < -0.39 is 0 Å². The molecule has 0 unspecified atom stereocenters. The minimum Gasteiger partial charge on any atom is -0.353 e. The Balaban J connectivity index is 0. The van der Waals surface area contributed by atoms with Crippen LogP contribution in [0.4, 0.5) is 0 Å². The molecule has 0 bridgehead atoms. The number of amides is 1. The average Bonchev–Trinajstić information content (AvgIpc) is 2.08. The number of nitrogens with one attached hydrogen (secondary N) is 1. The first kappa shape index (κ1) is 16.6. The van der Waals surface area contributed by atoms with Crippen LogP contribution >= 0.6 is 0 Å². The predicted molar refractivity (Wildman–Crippen MR) is 66.2 cm³/mol. The molecule has 0 atom stereocenters. The maximum absolute atomic E-state index is 10.8. The minimum atomic E-state index is -0.0687. The summed E-state index contributed by atoms with van der Waals surface area (Å²) in [5, 5.41) is 2.77. The lowest BCUT2D eigenvalue weighted by atomic mass is 9.89. The summed E-state index contributed by atoms with van der Waals surface area (Å²) in [6, 6.07) is 0. The Hall–Kier alpha value is -0.830. The van der Waals surface area contributed by atoms with Gasteiger partial charge in [-0.25, -0.2) is 0 Å². The van der Waals surface area contributed by atoms with Crippen LogP contribution in [0, 0.1) is 5.41 Å². The van der Waals surface area contributed by atoms with Gasteiger partial charge in [0.15, 0.2) is 0 Å². The highest BCUT2D eigenvalue weighted by atomic mass is 16.1. The van der Waals surface area contributed by atoms with Gasteiger partial charge in [0.25, 0.3) is 0 Å². The fourth-order valence-electron chi connectivity index (χ4n) is 1.24. The van der Waals surface area contributed by atoms with Gasteiger partial charge in [-0.2, -0.15) is 0 Å². The van der Waals surface area contributed by atoms with Crippen LogP contribution < -0.4 is 11.5 Å². The summed E-state index contributed by atoms with van der Waals surface area (Å²) in [4.78, 5) is 10.8. The molecule has 0 aliphatic carbocycles. The van der Waals surface area contributed by atoms with Crippen LogP contribution in [0.15, 0.2) is 12.7 Å². The van der Waals surface area contributed by atoms with Crippen LogP contribution in [0.3, 0.4) is 0 Å². The van der Waals surface area contributed by atoms with E-state index >= 15 is 0 Å². The van der Waals surface area contributed by atoms with Crippen LogP contribution in [-0.2, 0) is 4.79 Å². The van der Waals surface area contributed by atoms with Crippen molar-refractivity contribution in [3.8, 4) is 0 Å². The van der Waals surface area contributed by atoms with Gasteiger partial charge >= 0.3 is 0 Å². The molecule has 3 nitrogen and oxygen atoms in total. The van der Waals surface area contributed by atoms with Gasteiger partial charge in [0, 0.05) is 6.54 Å². The fourth-order valence-corrected chi connectivity index (χ4v) is 1.24. The third kappa shape index (κ3) is 13.2. The van der Waals surface area contributed by atoms with E-state index in [2.05, 4.69) is 32.7 Å². The Morgan fingerprint density at radius 1 is 1.27 bits per heavy atom. The van der Waals surface area contributed by atoms with Gasteiger partial charge in [-0.15, -0.1) is 0 Å². The van der Waals surface area contributed by atoms with Gasteiger partial charge in [-0.1, -0.05) is 40.2 Å². The van der Waals surface area contributed by atoms with E-state index in [1.165, 1.54) is 25.3 Å². The SMILES string of the molecule is C=CC(=O)NCCCCCC(C)(C)C.N. The first-order valence-corrected chi connectivity index (χ1v) is 5.36. The van der Waals surface area contributed by atoms with E-state index in [0.29, 0.717) is 5.41 Å². The summed E-state index contributed by atoms with van der Waals surface area (Å²) in [7, 11) is 0. The topological polar surface area (TPSA) is 64.1 Å². The van der Waals surface area contributed by atoms with Crippen molar-refractivity contribution in [2.24, 2.45) is 5.41 Å². The molecule has 3 heteroatoms. The second-order valence-corrected chi connectivity index (χ2v) is 4.87. The average molecular weight is 214 g/mol. The molecule has 0 aliphatic heterocycles. The minimum absolute atomic E-state index is 0. The van der Waals surface area contributed by atoms with E-state index in [0.717, 1.165) is 13.0 Å². The van der Waals surface area contributed by atoms with Gasteiger partial charge in [-0.3, -0.25) is 4.79 Å². The first-order chi connectivity index (χ1) is 6.45. The van der Waals surface area contributed by atoms with E-state index in [1.807, 2.05) is 0 Å². The number of unbranched alkanes of at least 4 members (excludes halogenated alkanes) is 2. The van der Waals surface area contributed by atoms with Crippen molar-refractivity contribution >= 4 is 5.91 Å². The standard InChI is InChI=1S/C12H23NO.H3N/c1-5-11(14)13-10-8-6-7-9-12(2,3)4;/h5H,1,6-10H2,2-4H3,(H,13,14);1H3. The van der Waals surface area contributed by atoms with Gasteiger partial charge in [0.1, 0.15) is 0 Å². The molecular weight excluding hydrogens is 188 g/mol. The number of hydrogen-bond donors (Lipinski definition) is 2. The van der Waals surface area contributed by atoms with Gasteiger partial charge in [0.05, 0.1) is 0 Å². The van der Waals surface area contributed by atoms with Crippen molar-refractivity contribution in [2.45, 2.75) is 46.5 Å². The number of rotatable bonds is 6. The molecule has 4 N–H and O–H groups in total. The molecule has 0 fully saturated rings. The van der Waals surface area contributed by atoms with Crippen LogP contribution in [0.5, 0.6) is 0 Å². The summed E-state index contributed by atoms with van der Waals surface area (Å²) < 4.78 is 0. The van der Waals surface area contributed by atoms with E-state index in [4.69, 9.17) is 0 Å². The Kier molecular flexibility index (Phi) is 9.38. The molecule has 0 heterocycles. The zero-order valence-corrected chi connectivity index (χ0v) is 10.4. The monoisotopic (exact) mass is 214 g/mol. The van der Waals surface area contributed by atoms with Crippen LogP contribution in [0.1, 0.15) is 46.5 Å². The van der Waals surface area contributed by atoms with Crippen molar-refractivity contribution in [3.63, 3.8) is 0 Å². The van der Waals surface area contributed by atoms with Crippen molar-refractivity contribution in [3.05, 3.63) is 12.7 Å². The molecule has 15 heavy (non-hydrogen) atoms. The highest BCUT2D eigenvalue weighted by Crippen LogP contribution is 2.21. The summed E-state index contributed by atoms with van der Waals surface area (Å²) in [6.07, 6.45) is 6.06. The van der Waals surface area contributed by atoms with Gasteiger partial charge in [-0.05, 0) is 24.3 Å². The van der Waals surface area contributed by atoms with Crippen LogP contribution in [-0.4, -0.2) is 12.5 Å². The second-order valence-electron chi connectivity index (χ2n) is 4.87. The Morgan fingerprint density at radius 3 is 2.33 bits per heavy atom. The summed E-state index contributed by atoms with van der Waals surface area (Å²) in [5.74, 6) is -0.0687. The lowest BCUT2D eigenvalue weighted by molar-refractivity contribution is -0.116. The van der Waals surface area contributed by atoms with Crippen molar-refractivity contribution in [1.29, 1.82) is 0 Å². The molecule has 0 aromatic heterocycles. The van der Waals surface area contributed by atoms with E-state index in [9.17, 15) is 4.79 Å². The maximum atomic E-state index is 10.8. The molecule has 0 rings (SSSR count). The normalized spacial score (nSPS) is 10.3. The fraction of sp³-hybridized carbons (Fsp3) is 0.750. The van der Waals surface area contributed by atoms with Crippen molar-refractivity contribution in [1.82, 2.24) is 11.5 Å². The quantitative estimate of drug-likeness (QED) is 0.527. The van der Waals surface area contributed by atoms with Gasteiger partial charge in [0.2, 0.25) is 5.91 Å². The second kappa shape index (κ2) is 8.48. The molecule has 0 radical (unpaired) electrons. The zero-order valence-electron chi connectivity index (χ0n) is 10.4. The predicted octanol–water partition coefficient (Wildman–Crippen LogP) is 3.06. The van der Waals surface area contributed by atoms with Crippen LogP contribution in [0.25, 0.3) is 0 Å². The Labute approximate surface area is 93.9 Å². The number of carbonyl (C=O) groups excluding carboxylic acids is 1. The zero-order chi connectivity index (χ0) is 11.0. The number of carbonyl (C=O) groups is 1. The largest absolute Gasteiger partial charge is 0.353 e. The molecule has 90 valence electrons. The summed E-state index contributed by atoms with van der Waals surface area (Å²) in [6.45, 7) is 10.9. The number of hydrogen-bond acceptors (Lipinski definition) is 2. The van der Waals surface area contributed by atoms with Crippen molar-refractivity contribution < 1.29 is 4.79 Å². The Bertz CT molecular complexity index is 183.